The Hall–Kier alpha value is -0.850. The van der Waals surface area contributed by atoms with Crippen molar-refractivity contribution in [3.8, 4) is 6.07 Å². The highest BCUT2D eigenvalue weighted by Gasteiger charge is 2.15. The lowest BCUT2D eigenvalue weighted by Crippen LogP contribution is -2.24. The summed E-state index contributed by atoms with van der Waals surface area (Å²) in [6.45, 7) is 2.14. The lowest BCUT2D eigenvalue weighted by Gasteiger charge is -2.21. The Labute approximate surface area is 76.0 Å². The monoisotopic (exact) mass is 178 g/mol. The van der Waals surface area contributed by atoms with Crippen LogP contribution in [0.1, 0.15) is 15.3 Å². The molecule has 0 atom stereocenters. The van der Waals surface area contributed by atoms with Crippen molar-refractivity contribution in [2.75, 3.05) is 13.6 Å². The van der Waals surface area contributed by atoms with E-state index < -0.39 is 0 Å². The van der Waals surface area contributed by atoms with E-state index in [9.17, 15) is 0 Å². The van der Waals surface area contributed by atoms with Gasteiger partial charge in [-0.3, -0.25) is 0 Å². The van der Waals surface area contributed by atoms with E-state index in [2.05, 4.69) is 18.0 Å². The summed E-state index contributed by atoms with van der Waals surface area (Å²) in [5.74, 6) is 0. The van der Waals surface area contributed by atoms with Crippen LogP contribution in [0.25, 0.3) is 0 Å². The van der Waals surface area contributed by atoms with E-state index in [0.717, 1.165) is 24.4 Å². The topological polar surface area (TPSA) is 27.0 Å². The van der Waals surface area contributed by atoms with Crippen molar-refractivity contribution in [1.29, 1.82) is 5.26 Å². The van der Waals surface area contributed by atoms with Crippen molar-refractivity contribution in [2.45, 2.75) is 13.0 Å². The van der Waals surface area contributed by atoms with E-state index in [-0.39, 0.29) is 0 Å². The van der Waals surface area contributed by atoms with Gasteiger partial charge in [-0.25, -0.2) is 0 Å². The van der Waals surface area contributed by atoms with Gasteiger partial charge in [0.15, 0.2) is 0 Å². The average molecular weight is 178 g/mol. The molecule has 0 saturated carbocycles. The second kappa shape index (κ2) is 2.89. The number of hydrogen-bond acceptors (Lipinski definition) is 3. The third-order valence-electron chi connectivity index (χ3n) is 2.18. The zero-order chi connectivity index (χ0) is 8.55. The summed E-state index contributed by atoms with van der Waals surface area (Å²) in [4.78, 5) is 4.52. The van der Waals surface area contributed by atoms with Crippen molar-refractivity contribution in [2.24, 2.45) is 0 Å². The Balaban J connectivity index is 2.36. The van der Waals surface area contributed by atoms with Crippen LogP contribution in [0.4, 0.5) is 0 Å². The van der Waals surface area contributed by atoms with Crippen LogP contribution in [-0.2, 0) is 13.0 Å². The molecule has 0 saturated heterocycles. The Morgan fingerprint density at radius 1 is 1.67 bits per heavy atom. The molecule has 0 spiro atoms. The largest absolute Gasteiger partial charge is 0.301 e. The van der Waals surface area contributed by atoms with Gasteiger partial charge in [-0.15, -0.1) is 11.3 Å². The van der Waals surface area contributed by atoms with Gasteiger partial charge in [0.25, 0.3) is 0 Å². The van der Waals surface area contributed by atoms with Gasteiger partial charge < -0.3 is 4.90 Å². The number of likely N-dealkylation sites (N-methyl/N-ethyl adjacent to an activating group) is 1. The molecule has 0 aromatic carbocycles. The molecule has 0 radical (unpaired) electrons. The van der Waals surface area contributed by atoms with E-state index in [0.29, 0.717) is 0 Å². The summed E-state index contributed by atoms with van der Waals surface area (Å²) in [5.41, 5.74) is 1.38. The summed E-state index contributed by atoms with van der Waals surface area (Å²) in [6.07, 6.45) is 1.10. The first-order valence-corrected chi connectivity index (χ1v) is 4.81. The second-order valence-electron chi connectivity index (χ2n) is 3.16. The van der Waals surface area contributed by atoms with Crippen LogP contribution in [0.15, 0.2) is 6.07 Å². The summed E-state index contributed by atoms with van der Waals surface area (Å²) >= 11 is 1.64. The molecule has 62 valence electrons. The molecule has 1 aliphatic rings. The van der Waals surface area contributed by atoms with Gasteiger partial charge in [-0.1, -0.05) is 0 Å². The Bertz CT molecular complexity index is 335. The fourth-order valence-corrected chi connectivity index (χ4v) is 2.59. The van der Waals surface area contributed by atoms with E-state index >= 15 is 0 Å². The number of hydrogen-bond donors (Lipinski definition) is 0. The van der Waals surface area contributed by atoms with E-state index in [4.69, 9.17) is 5.26 Å². The fraction of sp³-hybridized carbons (Fsp3) is 0.444. The highest BCUT2D eigenvalue weighted by atomic mass is 32.1. The molecule has 0 amide bonds. The molecule has 2 nitrogen and oxygen atoms in total. The van der Waals surface area contributed by atoms with Crippen LogP contribution in [0.5, 0.6) is 0 Å². The van der Waals surface area contributed by atoms with E-state index in [1.54, 1.807) is 11.3 Å². The van der Waals surface area contributed by atoms with Crippen molar-refractivity contribution in [3.05, 3.63) is 21.4 Å². The first-order valence-electron chi connectivity index (χ1n) is 4.00. The summed E-state index contributed by atoms with van der Waals surface area (Å²) in [5, 5.41) is 8.70. The molecule has 0 bridgehead atoms. The molecule has 0 unspecified atom stereocenters. The molecule has 2 rings (SSSR count). The molecular weight excluding hydrogens is 168 g/mol. The summed E-state index contributed by atoms with van der Waals surface area (Å²) in [7, 11) is 2.12. The first kappa shape index (κ1) is 7.78. The molecule has 12 heavy (non-hydrogen) atoms. The maximum Gasteiger partial charge on any atom is 0.110 e. The highest BCUT2D eigenvalue weighted by molar-refractivity contribution is 7.12. The maximum absolute atomic E-state index is 8.70. The van der Waals surface area contributed by atoms with Gasteiger partial charge >= 0.3 is 0 Å². The summed E-state index contributed by atoms with van der Waals surface area (Å²) < 4.78 is 0. The van der Waals surface area contributed by atoms with Crippen LogP contribution in [0.3, 0.4) is 0 Å². The Morgan fingerprint density at radius 3 is 3.25 bits per heavy atom. The van der Waals surface area contributed by atoms with E-state index in [1.807, 2.05) is 6.07 Å². The number of fused-ring (bicyclic) bond motifs is 1. The fourth-order valence-electron chi connectivity index (χ4n) is 1.50. The van der Waals surface area contributed by atoms with Crippen LogP contribution in [0, 0.1) is 11.3 Å². The zero-order valence-electron chi connectivity index (χ0n) is 7.00. The van der Waals surface area contributed by atoms with Gasteiger partial charge in [-0.05, 0) is 25.1 Å². The van der Waals surface area contributed by atoms with Crippen LogP contribution in [-0.4, -0.2) is 18.5 Å². The van der Waals surface area contributed by atoms with Crippen LogP contribution >= 0.6 is 11.3 Å². The van der Waals surface area contributed by atoms with Gasteiger partial charge in [0.1, 0.15) is 10.9 Å². The molecular formula is C9H10N2S. The predicted octanol–water partition coefficient (Wildman–Crippen LogP) is 1.61. The smallest absolute Gasteiger partial charge is 0.110 e. The molecule has 0 N–H and O–H groups in total. The Kier molecular flexibility index (Phi) is 1.87. The molecule has 1 aliphatic heterocycles. The van der Waals surface area contributed by atoms with Crippen LogP contribution < -0.4 is 0 Å². The Morgan fingerprint density at radius 2 is 2.50 bits per heavy atom. The third-order valence-corrected chi connectivity index (χ3v) is 3.25. The van der Waals surface area contributed by atoms with Gasteiger partial charge in [0.05, 0.1) is 0 Å². The van der Waals surface area contributed by atoms with Gasteiger partial charge in [0.2, 0.25) is 0 Å². The average Bonchev–Trinajstić information content (AvgIpc) is 2.46. The van der Waals surface area contributed by atoms with Crippen LogP contribution in [0.2, 0.25) is 0 Å². The third kappa shape index (κ3) is 1.24. The highest BCUT2D eigenvalue weighted by Crippen LogP contribution is 2.26. The predicted molar refractivity (Wildman–Crippen MR) is 49.1 cm³/mol. The molecule has 2 heterocycles. The first-order chi connectivity index (χ1) is 5.79. The van der Waals surface area contributed by atoms with Crippen molar-refractivity contribution < 1.29 is 0 Å². The van der Waals surface area contributed by atoms with Gasteiger partial charge in [-0.2, -0.15) is 5.26 Å². The summed E-state index contributed by atoms with van der Waals surface area (Å²) in [6, 6.07) is 4.23. The normalized spacial score (nSPS) is 17.0. The van der Waals surface area contributed by atoms with Crippen molar-refractivity contribution in [3.63, 3.8) is 0 Å². The SMILES string of the molecule is CN1CCc2cc(C#N)sc2C1. The quantitative estimate of drug-likeness (QED) is 0.603. The number of nitriles is 1. The molecule has 0 aliphatic carbocycles. The minimum absolute atomic E-state index is 0.857. The molecule has 3 heteroatoms. The molecule has 0 fully saturated rings. The van der Waals surface area contributed by atoms with E-state index in [1.165, 1.54) is 10.4 Å². The molecule has 1 aromatic rings. The maximum atomic E-state index is 8.70. The zero-order valence-corrected chi connectivity index (χ0v) is 7.82. The lowest BCUT2D eigenvalue weighted by molar-refractivity contribution is 0.317. The number of thiophene rings is 1. The minimum atomic E-state index is 0.857. The number of rotatable bonds is 0. The second-order valence-corrected chi connectivity index (χ2v) is 4.30. The van der Waals surface area contributed by atoms with Crippen molar-refractivity contribution >= 4 is 11.3 Å². The van der Waals surface area contributed by atoms with Crippen molar-refractivity contribution in [1.82, 2.24) is 4.90 Å². The number of nitrogens with zero attached hydrogens (tertiary/aromatic N) is 2. The molecule has 1 aromatic heterocycles. The minimum Gasteiger partial charge on any atom is -0.301 e. The standard InChI is InChI=1S/C9H10N2S/c1-11-3-2-7-4-8(5-10)12-9(7)6-11/h4H,2-3,6H2,1H3. The lowest BCUT2D eigenvalue weighted by atomic mass is 10.1. The van der Waals surface area contributed by atoms with Gasteiger partial charge in [0, 0.05) is 18.0 Å².